The number of hydrogen-bond donors (Lipinski definition) is 2. The Kier molecular flexibility index (Phi) is 5.04. The molecule has 6 nitrogen and oxygen atoms in total. The predicted molar refractivity (Wildman–Crippen MR) is 92.1 cm³/mol. The van der Waals surface area contributed by atoms with Crippen molar-refractivity contribution in [3.8, 4) is 0 Å². The van der Waals surface area contributed by atoms with Gasteiger partial charge in [0.05, 0.1) is 0 Å². The normalized spacial score (nSPS) is 25.1. The smallest absolute Gasteiger partial charge is 0.312 e. The molecule has 0 aromatic heterocycles. The van der Waals surface area contributed by atoms with Crippen LogP contribution in [0.15, 0.2) is 30.3 Å². The summed E-state index contributed by atoms with van der Waals surface area (Å²) in [5, 5.41) is 2.48. The van der Waals surface area contributed by atoms with Crippen LogP contribution < -0.4 is 11.1 Å². The largest absolute Gasteiger partial charge is 0.352 e. The van der Waals surface area contributed by atoms with Gasteiger partial charge in [-0.05, 0) is 37.3 Å². The average molecular weight is 330 g/mol. The highest BCUT2D eigenvalue weighted by Gasteiger charge is 2.39. The number of amides is 3. The molecule has 2 saturated heterocycles. The molecule has 0 radical (unpaired) electrons. The summed E-state index contributed by atoms with van der Waals surface area (Å²) < 4.78 is 0. The van der Waals surface area contributed by atoms with Crippen LogP contribution >= 0.6 is 0 Å². The van der Waals surface area contributed by atoms with Crippen LogP contribution in [-0.2, 0) is 11.3 Å². The van der Waals surface area contributed by atoms with Crippen molar-refractivity contribution in [1.29, 1.82) is 0 Å². The lowest BCUT2D eigenvalue weighted by molar-refractivity contribution is -0.131. The Labute approximate surface area is 143 Å². The van der Waals surface area contributed by atoms with Gasteiger partial charge in [-0.15, -0.1) is 0 Å². The molecule has 3 rings (SSSR count). The topological polar surface area (TPSA) is 78.7 Å². The van der Waals surface area contributed by atoms with Gasteiger partial charge in [0.25, 0.3) is 0 Å². The Morgan fingerprint density at radius 2 is 1.92 bits per heavy atom. The van der Waals surface area contributed by atoms with Crippen molar-refractivity contribution in [2.75, 3.05) is 26.2 Å². The van der Waals surface area contributed by atoms with Crippen molar-refractivity contribution < 1.29 is 9.59 Å². The first-order valence-electron chi connectivity index (χ1n) is 8.64. The van der Waals surface area contributed by atoms with E-state index in [1.54, 1.807) is 6.92 Å². The van der Waals surface area contributed by atoms with Crippen molar-refractivity contribution in [2.24, 2.45) is 17.6 Å². The Bertz CT molecular complexity index is 592. The van der Waals surface area contributed by atoms with Gasteiger partial charge in [0.15, 0.2) is 0 Å². The molecule has 2 aliphatic rings. The van der Waals surface area contributed by atoms with Crippen LogP contribution in [0.25, 0.3) is 0 Å². The van der Waals surface area contributed by atoms with E-state index in [-0.39, 0.29) is 5.91 Å². The van der Waals surface area contributed by atoms with Gasteiger partial charge in [-0.2, -0.15) is 0 Å². The van der Waals surface area contributed by atoms with Gasteiger partial charge >= 0.3 is 6.03 Å². The van der Waals surface area contributed by atoms with Gasteiger partial charge in [0, 0.05) is 26.2 Å². The van der Waals surface area contributed by atoms with E-state index in [2.05, 4.69) is 34.5 Å². The van der Waals surface area contributed by atoms with E-state index in [9.17, 15) is 9.59 Å². The van der Waals surface area contributed by atoms with E-state index in [4.69, 9.17) is 5.73 Å². The van der Waals surface area contributed by atoms with Crippen LogP contribution in [0.5, 0.6) is 0 Å². The monoisotopic (exact) mass is 330 g/mol. The van der Waals surface area contributed by atoms with Crippen LogP contribution in [0.4, 0.5) is 4.79 Å². The first kappa shape index (κ1) is 16.8. The molecule has 0 saturated carbocycles. The highest BCUT2D eigenvalue weighted by atomic mass is 16.2. The molecule has 0 unspecified atom stereocenters. The summed E-state index contributed by atoms with van der Waals surface area (Å²) in [5.41, 5.74) is 6.45. The Morgan fingerprint density at radius 3 is 2.62 bits per heavy atom. The highest BCUT2D eigenvalue weighted by molar-refractivity contribution is 5.86. The summed E-state index contributed by atoms with van der Waals surface area (Å²) in [5.74, 6) is 1.06. The van der Waals surface area contributed by atoms with E-state index in [1.807, 2.05) is 11.0 Å². The highest BCUT2D eigenvalue weighted by Crippen LogP contribution is 2.32. The summed E-state index contributed by atoms with van der Waals surface area (Å²) in [7, 11) is 0. The molecule has 24 heavy (non-hydrogen) atoms. The molecule has 2 aliphatic heterocycles. The zero-order chi connectivity index (χ0) is 17.1. The standard InChI is InChI=1S/C18H26N4O2/c1-13(20-18(19)24)17(23)22-11-15-7-8-21(10-16(15)12-22)9-14-5-3-2-4-6-14/h2-6,13,15-16H,7-12H2,1H3,(H3,19,20,24)/t13-,15-,16+/m0/s1. The van der Waals surface area contributed by atoms with E-state index in [0.29, 0.717) is 11.8 Å². The van der Waals surface area contributed by atoms with Crippen LogP contribution in [0, 0.1) is 11.8 Å². The lowest BCUT2D eigenvalue weighted by Gasteiger charge is -2.34. The lowest BCUT2D eigenvalue weighted by Crippen LogP contribution is -2.48. The second kappa shape index (κ2) is 7.21. The number of likely N-dealkylation sites (tertiary alicyclic amines) is 2. The molecule has 2 fully saturated rings. The van der Waals surface area contributed by atoms with Crippen molar-refractivity contribution in [1.82, 2.24) is 15.1 Å². The van der Waals surface area contributed by atoms with Crippen molar-refractivity contribution in [2.45, 2.75) is 25.9 Å². The lowest BCUT2D eigenvalue weighted by atomic mass is 9.88. The number of urea groups is 1. The Balaban J connectivity index is 1.54. The number of hydrogen-bond acceptors (Lipinski definition) is 3. The second-order valence-corrected chi connectivity index (χ2v) is 7.00. The number of nitrogens with two attached hydrogens (primary N) is 1. The molecule has 0 spiro atoms. The number of carbonyl (C=O) groups excluding carboxylic acids is 2. The number of primary amides is 1. The zero-order valence-corrected chi connectivity index (χ0v) is 14.1. The van der Waals surface area contributed by atoms with Crippen LogP contribution in [0.1, 0.15) is 18.9 Å². The maximum Gasteiger partial charge on any atom is 0.312 e. The maximum atomic E-state index is 12.4. The quantitative estimate of drug-likeness (QED) is 0.865. The van der Waals surface area contributed by atoms with Crippen molar-refractivity contribution in [3.63, 3.8) is 0 Å². The van der Waals surface area contributed by atoms with E-state index in [1.165, 1.54) is 5.56 Å². The zero-order valence-electron chi connectivity index (χ0n) is 14.1. The molecule has 0 bridgehead atoms. The number of benzene rings is 1. The van der Waals surface area contributed by atoms with Gasteiger partial charge in [-0.3, -0.25) is 9.69 Å². The number of rotatable bonds is 4. The van der Waals surface area contributed by atoms with Crippen molar-refractivity contribution >= 4 is 11.9 Å². The van der Waals surface area contributed by atoms with Gasteiger partial charge in [0.1, 0.15) is 6.04 Å². The third-order valence-electron chi connectivity index (χ3n) is 5.18. The molecule has 130 valence electrons. The van der Waals surface area contributed by atoms with Gasteiger partial charge < -0.3 is 16.0 Å². The minimum absolute atomic E-state index is 0.0298. The fraction of sp³-hybridized carbons (Fsp3) is 0.556. The third-order valence-corrected chi connectivity index (χ3v) is 5.18. The first-order valence-corrected chi connectivity index (χ1v) is 8.64. The minimum atomic E-state index is -0.651. The van der Waals surface area contributed by atoms with Gasteiger partial charge in [-0.1, -0.05) is 30.3 Å². The second-order valence-electron chi connectivity index (χ2n) is 7.00. The average Bonchev–Trinajstić information content (AvgIpc) is 2.97. The molecule has 6 heteroatoms. The molecule has 2 heterocycles. The van der Waals surface area contributed by atoms with E-state index in [0.717, 1.165) is 39.1 Å². The van der Waals surface area contributed by atoms with E-state index < -0.39 is 12.1 Å². The predicted octanol–water partition coefficient (Wildman–Crippen LogP) is 1.02. The number of fused-ring (bicyclic) bond motifs is 1. The fourth-order valence-corrected chi connectivity index (χ4v) is 3.96. The maximum absolute atomic E-state index is 12.4. The van der Waals surface area contributed by atoms with Crippen LogP contribution in [0.2, 0.25) is 0 Å². The number of piperidine rings is 1. The number of nitrogens with one attached hydrogen (secondary N) is 1. The Hall–Kier alpha value is -2.08. The molecule has 3 amide bonds. The molecule has 1 aromatic rings. The molecule has 3 N–H and O–H groups in total. The first-order chi connectivity index (χ1) is 11.5. The summed E-state index contributed by atoms with van der Waals surface area (Å²) in [4.78, 5) is 27.7. The minimum Gasteiger partial charge on any atom is -0.352 e. The number of nitrogens with zero attached hydrogens (tertiary/aromatic N) is 2. The molecule has 3 atom stereocenters. The summed E-state index contributed by atoms with van der Waals surface area (Å²) >= 11 is 0. The van der Waals surface area contributed by atoms with Crippen LogP contribution in [-0.4, -0.2) is 54.0 Å². The van der Waals surface area contributed by atoms with Crippen LogP contribution in [0.3, 0.4) is 0 Å². The summed E-state index contributed by atoms with van der Waals surface area (Å²) in [6, 6.07) is 9.31. The molecular formula is C18H26N4O2. The SMILES string of the molecule is C[C@H](NC(N)=O)C(=O)N1C[C@H]2CN(Cc3ccccc3)CC[C@H]2C1. The van der Waals surface area contributed by atoms with Crippen molar-refractivity contribution in [3.05, 3.63) is 35.9 Å². The summed E-state index contributed by atoms with van der Waals surface area (Å²) in [6.07, 6.45) is 1.12. The molecule has 0 aliphatic carbocycles. The summed E-state index contributed by atoms with van der Waals surface area (Å²) in [6.45, 7) is 6.34. The molecular weight excluding hydrogens is 304 g/mol. The van der Waals surface area contributed by atoms with Gasteiger partial charge in [0.2, 0.25) is 5.91 Å². The van der Waals surface area contributed by atoms with Gasteiger partial charge in [-0.25, -0.2) is 4.79 Å². The molecule has 1 aromatic carbocycles. The fourth-order valence-electron chi connectivity index (χ4n) is 3.96. The number of carbonyl (C=O) groups is 2. The third kappa shape index (κ3) is 3.87. The Morgan fingerprint density at radius 1 is 1.21 bits per heavy atom. The van der Waals surface area contributed by atoms with E-state index >= 15 is 0 Å².